The van der Waals surface area contributed by atoms with Gasteiger partial charge in [-0.2, -0.15) is 5.10 Å². The summed E-state index contributed by atoms with van der Waals surface area (Å²) in [7, 11) is 0. The van der Waals surface area contributed by atoms with Crippen molar-refractivity contribution in [3.05, 3.63) is 35.2 Å². The van der Waals surface area contributed by atoms with Gasteiger partial charge < -0.3 is 11.1 Å². The number of nitrogens with two attached hydrogens (primary N) is 1. The van der Waals surface area contributed by atoms with Crippen LogP contribution in [0.2, 0.25) is 5.02 Å². The van der Waals surface area contributed by atoms with Gasteiger partial charge in [0.1, 0.15) is 17.3 Å². The first kappa shape index (κ1) is 9.79. The van der Waals surface area contributed by atoms with Crippen LogP contribution in [0.15, 0.2) is 24.4 Å². The number of nitrogen functional groups attached to an aromatic ring is 1. The molecule has 15 heavy (non-hydrogen) atoms. The van der Waals surface area contributed by atoms with E-state index >= 15 is 0 Å². The topological polar surface area (TPSA) is 66.7 Å². The van der Waals surface area contributed by atoms with Gasteiger partial charge in [0.2, 0.25) is 0 Å². The molecule has 0 bridgehead atoms. The van der Waals surface area contributed by atoms with Crippen LogP contribution >= 0.6 is 11.6 Å². The summed E-state index contributed by atoms with van der Waals surface area (Å²) in [5, 5.41) is 9.38. The summed E-state index contributed by atoms with van der Waals surface area (Å²) < 4.78 is 13.4. The van der Waals surface area contributed by atoms with Crippen LogP contribution in [-0.4, -0.2) is 10.2 Å². The van der Waals surface area contributed by atoms with Gasteiger partial charge in [-0.3, -0.25) is 5.10 Å². The summed E-state index contributed by atoms with van der Waals surface area (Å²) in [5.74, 6) is -0.0903. The average Bonchev–Trinajstić information content (AvgIpc) is 2.57. The number of benzene rings is 1. The van der Waals surface area contributed by atoms with Crippen molar-refractivity contribution in [2.24, 2.45) is 0 Å². The van der Waals surface area contributed by atoms with Crippen molar-refractivity contribution in [1.82, 2.24) is 10.2 Å². The number of anilines is 3. The third-order valence-electron chi connectivity index (χ3n) is 1.87. The predicted octanol–water partition coefficient (Wildman–Crippen LogP) is 2.53. The maximum absolute atomic E-state index is 13.4. The molecule has 0 atom stereocenters. The number of H-pyrrole nitrogens is 1. The first-order valence-corrected chi connectivity index (χ1v) is 4.55. The SMILES string of the molecule is Nc1[nH]ncc1Nc1ccc(Cl)cc1F. The van der Waals surface area contributed by atoms with Crippen LogP contribution in [0.25, 0.3) is 0 Å². The normalized spacial score (nSPS) is 10.3. The van der Waals surface area contributed by atoms with Gasteiger partial charge in [0.15, 0.2) is 0 Å². The fraction of sp³-hybridized carbons (Fsp3) is 0. The molecule has 2 rings (SSSR count). The van der Waals surface area contributed by atoms with E-state index < -0.39 is 5.82 Å². The molecule has 0 amide bonds. The van der Waals surface area contributed by atoms with E-state index in [0.29, 0.717) is 22.2 Å². The molecule has 0 fully saturated rings. The molecule has 0 radical (unpaired) electrons. The van der Waals surface area contributed by atoms with Gasteiger partial charge in [-0.1, -0.05) is 11.6 Å². The lowest BCUT2D eigenvalue weighted by atomic mass is 10.3. The second-order valence-corrected chi connectivity index (χ2v) is 3.38. The van der Waals surface area contributed by atoms with Gasteiger partial charge in [-0.25, -0.2) is 4.39 Å². The molecular formula is C9H8ClFN4. The molecule has 6 heteroatoms. The molecule has 1 aromatic carbocycles. The van der Waals surface area contributed by atoms with Crippen molar-refractivity contribution in [2.45, 2.75) is 0 Å². The summed E-state index contributed by atoms with van der Waals surface area (Å²) in [6.45, 7) is 0. The standard InChI is InChI=1S/C9H8ClFN4/c10-5-1-2-7(6(11)3-5)14-8-4-13-15-9(8)12/h1-4,14H,(H3,12,13,15). The molecule has 78 valence electrons. The highest BCUT2D eigenvalue weighted by Gasteiger charge is 2.06. The Hall–Kier alpha value is -1.75. The Morgan fingerprint density at radius 1 is 1.40 bits per heavy atom. The van der Waals surface area contributed by atoms with E-state index in [-0.39, 0.29) is 0 Å². The van der Waals surface area contributed by atoms with Crippen LogP contribution in [0.1, 0.15) is 0 Å². The number of nitrogens with zero attached hydrogens (tertiary/aromatic N) is 1. The van der Waals surface area contributed by atoms with Crippen LogP contribution in [0, 0.1) is 5.82 Å². The van der Waals surface area contributed by atoms with Crippen molar-refractivity contribution in [3.63, 3.8) is 0 Å². The van der Waals surface area contributed by atoms with Crippen molar-refractivity contribution in [2.75, 3.05) is 11.1 Å². The summed E-state index contributed by atoms with van der Waals surface area (Å²) in [6, 6.07) is 4.34. The maximum atomic E-state index is 13.4. The molecular weight excluding hydrogens is 219 g/mol. The van der Waals surface area contributed by atoms with Crippen LogP contribution < -0.4 is 11.1 Å². The Morgan fingerprint density at radius 2 is 2.20 bits per heavy atom. The molecule has 1 heterocycles. The van der Waals surface area contributed by atoms with E-state index in [0.717, 1.165) is 0 Å². The largest absolute Gasteiger partial charge is 0.382 e. The zero-order chi connectivity index (χ0) is 10.8. The van der Waals surface area contributed by atoms with E-state index in [4.69, 9.17) is 17.3 Å². The summed E-state index contributed by atoms with van der Waals surface area (Å²) in [6.07, 6.45) is 1.48. The Bertz CT molecular complexity index is 483. The van der Waals surface area contributed by atoms with E-state index in [1.807, 2.05) is 0 Å². The minimum Gasteiger partial charge on any atom is -0.382 e. The van der Waals surface area contributed by atoms with Gasteiger partial charge in [-0.15, -0.1) is 0 Å². The first-order valence-electron chi connectivity index (χ1n) is 4.18. The van der Waals surface area contributed by atoms with E-state index in [2.05, 4.69) is 15.5 Å². The minimum atomic E-state index is -0.442. The number of rotatable bonds is 2. The van der Waals surface area contributed by atoms with Crippen molar-refractivity contribution in [3.8, 4) is 0 Å². The maximum Gasteiger partial charge on any atom is 0.148 e. The third-order valence-corrected chi connectivity index (χ3v) is 2.10. The highest BCUT2D eigenvalue weighted by atomic mass is 35.5. The van der Waals surface area contributed by atoms with Gasteiger partial charge in [0, 0.05) is 5.02 Å². The number of aromatic nitrogens is 2. The van der Waals surface area contributed by atoms with Crippen LogP contribution in [-0.2, 0) is 0 Å². The number of hydrogen-bond donors (Lipinski definition) is 3. The molecule has 0 aliphatic heterocycles. The molecule has 0 unspecified atom stereocenters. The number of hydrogen-bond acceptors (Lipinski definition) is 3. The molecule has 2 aromatic rings. The van der Waals surface area contributed by atoms with Gasteiger partial charge in [0.05, 0.1) is 11.9 Å². The Morgan fingerprint density at radius 3 is 2.80 bits per heavy atom. The molecule has 0 spiro atoms. The van der Waals surface area contributed by atoms with Crippen molar-refractivity contribution < 1.29 is 4.39 Å². The summed E-state index contributed by atoms with van der Waals surface area (Å²) in [5.41, 5.74) is 6.36. The van der Waals surface area contributed by atoms with E-state index in [1.165, 1.54) is 18.3 Å². The molecule has 0 aliphatic carbocycles. The molecule has 4 nitrogen and oxygen atoms in total. The average molecular weight is 227 g/mol. The lowest BCUT2D eigenvalue weighted by Gasteiger charge is -2.05. The molecule has 0 saturated carbocycles. The van der Waals surface area contributed by atoms with Gasteiger partial charge >= 0.3 is 0 Å². The lowest BCUT2D eigenvalue weighted by molar-refractivity contribution is 0.632. The second-order valence-electron chi connectivity index (χ2n) is 2.95. The number of nitrogens with one attached hydrogen (secondary N) is 2. The second kappa shape index (κ2) is 3.78. The number of aromatic amines is 1. The van der Waals surface area contributed by atoms with E-state index in [1.54, 1.807) is 6.07 Å². The van der Waals surface area contributed by atoms with Gasteiger partial charge in [-0.05, 0) is 18.2 Å². The molecule has 0 saturated heterocycles. The van der Waals surface area contributed by atoms with E-state index in [9.17, 15) is 4.39 Å². The monoisotopic (exact) mass is 226 g/mol. The lowest BCUT2D eigenvalue weighted by Crippen LogP contribution is -1.96. The minimum absolute atomic E-state index is 0.299. The van der Waals surface area contributed by atoms with Crippen molar-refractivity contribution >= 4 is 28.8 Å². The number of halogens is 2. The predicted molar refractivity (Wildman–Crippen MR) is 57.7 cm³/mol. The quantitative estimate of drug-likeness (QED) is 0.737. The van der Waals surface area contributed by atoms with Crippen LogP contribution in [0.5, 0.6) is 0 Å². The highest BCUT2D eigenvalue weighted by Crippen LogP contribution is 2.24. The molecule has 4 N–H and O–H groups in total. The van der Waals surface area contributed by atoms with Crippen molar-refractivity contribution in [1.29, 1.82) is 0 Å². The first-order chi connectivity index (χ1) is 7.16. The Labute approximate surface area is 90.2 Å². The zero-order valence-corrected chi connectivity index (χ0v) is 8.35. The fourth-order valence-electron chi connectivity index (χ4n) is 1.13. The Balaban J connectivity index is 2.29. The van der Waals surface area contributed by atoms with Crippen LogP contribution in [0.4, 0.5) is 21.6 Å². The molecule has 0 aliphatic rings. The fourth-order valence-corrected chi connectivity index (χ4v) is 1.29. The van der Waals surface area contributed by atoms with Crippen LogP contribution in [0.3, 0.4) is 0 Å². The molecule has 1 aromatic heterocycles. The highest BCUT2D eigenvalue weighted by molar-refractivity contribution is 6.30. The third kappa shape index (κ3) is 2.02. The zero-order valence-electron chi connectivity index (χ0n) is 7.59. The summed E-state index contributed by atoms with van der Waals surface area (Å²) in [4.78, 5) is 0. The summed E-state index contributed by atoms with van der Waals surface area (Å²) >= 11 is 5.62. The smallest absolute Gasteiger partial charge is 0.148 e. The van der Waals surface area contributed by atoms with Gasteiger partial charge in [0.25, 0.3) is 0 Å². The Kier molecular flexibility index (Phi) is 2.47.